The van der Waals surface area contributed by atoms with E-state index in [9.17, 15) is 13.7 Å². The Morgan fingerprint density at radius 3 is 2.33 bits per heavy atom. The Labute approximate surface area is 132 Å². The van der Waals surface area contributed by atoms with Gasteiger partial charge in [0.25, 0.3) is 0 Å². The molecule has 0 N–H and O–H groups in total. The van der Waals surface area contributed by atoms with Crippen LogP contribution in [-0.4, -0.2) is 8.42 Å². The summed E-state index contributed by atoms with van der Waals surface area (Å²) in [7, 11) is -3.79. The van der Waals surface area contributed by atoms with Crippen LogP contribution in [0.5, 0.6) is 0 Å². The summed E-state index contributed by atoms with van der Waals surface area (Å²) in [4.78, 5) is -0.142. The van der Waals surface area contributed by atoms with Gasteiger partial charge >= 0.3 is 0 Å². The van der Waals surface area contributed by atoms with E-state index < -0.39 is 9.84 Å². The minimum absolute atomic E-state index is 0.120. The van der Waals surface area contributed by atoms with Gasteiger partial charge in [-0.05, 0) is 29.3 Å². The molecule has 2 aromatic rings. The second-order valence-corrected chi connectivity index (χ2v) is 6.75. The lowest BCUT2D eigenvalue weighted by Crippen LogP contribution is -2.03. The lowest BCUT2D eigenvalue weighted by atomic mass is 10.1. The molecule has 0 aromatic heterocycles. The number of alkyl halides is 1. The standard InChI is InChI=1S/C16H12BrNO2S/c17-11-14-7-5-4-6-13(14)10-16(12-18)21(19,20)15-8-2-1-3-9-15/h1-10H,11H2/b16-10+. The number of rotatable bonds is 4. The Kier molecular flexibility index (Phi) is 4.94. The molecular weight excluding hydrogens is 350 g/mol. The highest BCUT2D eigenvalue weighted by molar-refractivity contribution is 9.08. The molecule has 2 aromatic carbocycles. The van der Waals surface area contributed by atoms with Crippen molar-refractivity contribution in [2.24, 2.45) is 0 Å². The molecule has 0 heterocycles. The maximum Gasteiger partial charge on any atom is 0.216 e. The van der Waals surface area contributed by atoms with Crippen LogP contribution >= 0.6 is 15.9 Å². The Bertz CT molecular complexity index is 806. The van der Waals surface area contributed by atoms with Crippen molar-refractivity contribution in [3.8, 4) is 6.07 Å². The maximum absolute atomic E-state index is 12.5. The molecule has 2 rings (SSSR count). The number of nitrogens with zero attached hydrogens (tertiary/aromatic N) is 1. The minimum atomic E-state index is -3.79. The van der Waals surface area contributed by atoms with Crippen molar-refractivity contribution in [1.29, 1.82) is 5.26 Å². The number of sulfone groups is 1. The summed E-state index contributed by atoms with van der Waals surface area (Å²) in [5.74, 6) is 0. The summed E-state index contributed by atoms with van der Waals surface area (Å²) >= 11 is 3.35. The summed E-state index contributed by atoms with van der Waals surface area (Å²) in [5.41, 5.74) is 1.64. The molecule has 0 saturated heterocycles. The van der Waals surface area contributed by atoms with E-state index in [4.69, 9.17) is 0 Å². The molecular formula is C16H12BrNO2S. The Balaban J connectivity index is 2.55. The first-order chi connectivity index (χ1) is 10.1. The van der Waals surface area contributed by atoms with Crippen molar-refractivity contribution in [1.82, 2.24) is 0 Å². The van der Waals surface area contributed by atoms with Gasteiger partial charge in [-0.15, -0.1) is 0 Å². The smallest absolute Gasteiger partial charge is 0.216 e. The van der Waals surface area contributed by atoms with Crippen LogP contribution in [0.2, 0.25) is 0 Å². The molecule has 0 aliphatic rings. The van der Waals surface area contributed by atoms with Crippen LogP contribution in [0.25, 0.3) is 6.08 Å². The summed E-state index contributed by atoms with van der Waals surface area (Å²) in [6, 6.07) is 17.1. The maximum atomic E-state index is 12.5. The fraction of sp³-hybridized carbons (Fsp3) is 0.0625. The number of halogens is 1. The van der Waals surface area contributed by atoms with Gasteiger partial charge in [0.15, 0.2) is 0 Å². The minimum Gasteiger partial charge on any atom is -0.218 e. The summed E-state index contributed by atoms with van der Waals surface area (Å²) in [6.45, 7) is 0. The topological polar surface area (TPSA) is 57.9 Å². The fourth-order valence-electron chi connectivity index (χ4n) is 1.83. The van der Waals surface area contributed by atoms with E-state index >= 15 is 0 Å². The number of nitriles is 1. The largest absolute Gasteiger partial charge is 0.218 e. The van der Waals surface area contributed by atoms with Crippen LogP contribution in [-0.2, 0) is 15.2 Å². The van der Waals surface area contributed by atoms with Crippen LogP contribution < -0.4 is 0 Å². The predicted molar refractivity (Wildman–Crippen MR) is 86.3 cm³/mol. The third kappa shape index (κ3) is 3.41. The highest BCUT2D eigenvalue weighted by atomic mass is 79.9. The second-order valence-electron chi connectivity index (χ2n) is 4.27. The molecule has 0 aliphatic carbocycles. The SMILES string of the molecule is N#C/C(=C\c1ccccc1CBr)S(=O)(=O)c1ccccc1. The molecule has 0 spiro atoms. The molecule has 3 nitrogen and oxygen atoms in total. The van der Waals surface area contributed by atoms with Crippen LogP contribution in [0.15, 0.2) is 64.4 Å². The van der Waals surface area contributed by atoms with E-state index in [2.05, 4.69) is 15.9 Å². The highest BCUT2D eigenvalue weighted by Crippen LogP contribution is 2.23. The average Bonchev–Trinajstić information content (AvgIpc) is 2.53. The van der Waals surface area contributed by atoms with Crippen molar-refractivity contribution in [2.45, 2.75) is 10.2 Å². The lowest BCUT2D eigenvalue weighted by Gasteiger charge is -2.05. The van der Waals surface area contributed by atoms with Gasteiger partial charge in [0.2, 0.25) is 9.84 Å². The van der Waals surface area contributed by atoms with Crippen LogP contribution in [0.3, 0.4) is 0 Å². The second kappa shape index (κ2) is 6.70. The van der Waals surface area contributed by atoms with Gasteiger partial charge in [-0.2, -0.15) is 5.26 Å². The van der Waals surface area contributed by atoms with Gasteiger partial charge in [0.1, 0.15) is 11.0 Å². The monoisotopic (exact) mass is 361 g/mol. The van der Waals surface area contributed by atoms with Gasteiger partial charge < -0.3 is 0 Å². The summed E-state index contributed by atoms with van der Waals surface area (Å²) in [5, 5.41) is 9.83. The first-order valence-electron chi connectivity index (χ1n) is 6.15. The lowest BCUT2D eigenvalue weighted by molar-refractivity contribution is 0.603. The zero-order valence-electron chi connectivity index (χ0n) is 11.0. The molecule has 0 amide bonds. The first kappa shape index (κ1) is 15.5. The van der Waals surface area contributed by atoms with E-state index in [-0.39, 0.29) is 9.80 Å². The fourth-order valence-corrected chi connectivity index (χ4v) is 3.52. The summed E-state index contributed by atoms with van der Waals surface area (Å²) in [6.07, 6.45) is 1.42. The highest BCUT2D eigenvalue weighted by Gasteiger charge is 2.20. The summed E-state index contributed by atoms with van der Waals surface area (Å²) < 4.78 is 24.9. The number of hydrogen-bond acceptors (Lipinski definition) is 3. The number of allylic oxidation sites excluding steroid dienone is 1. The molecule has 0 aliphatic heterocycles. The molecule has 21 heavy (non-hydrogen) atoms. The van der Waals surface area contributed by atoms with Crippen molar-refractivity contribution in [3.63, 3.8) is 0 Å². The van der Waals surface area contributed by atoms with Crippen LogP contribution in [0.4, 0.5) is 0 Å². The molecule has 106 valence electrons. The van der Waals surface area contributed by atoms with E-state index in [1.54, 1.807) is 30.3 Å². The van der Waals surface area contributed by atoms with Crippen molar-refractivity contribution < 1.29 is 8.42 Å². The van der Waals surface area contributed by atoms with Gasteiger partial charge in [-0.1, -0.05) is 58.4 Å². The number of benzene rings is 2. The average molecular weight is 362 g/mol. The Hall–Kier alpha value is -1.90. The first-order valence-corrected chi connectivity index (χ1v) is 8.76. The molecule has 5 heteroatoms. The van der Waals surface area contributed by atoms with Crippen molar-refractivity contribution in [2.75, 3.05) is 0 Å². The third-order valence-electron chi connectivity index (χ3n) is 2.94. The molecule has 0 fully saturated rings. The molecule has 0 radical (unpaired) electrons. The van der Waals surface area contributed by atoms with Crippen LogP contribution in [0.1, 0.15) is 11.1 Å². The Morgan fingerprint density at radius 2 is 1.71 bits per heavy atom. The number of hydrogen-bond donors (Lipinski definition) is 0. The molecule has 0 saturated carbocycles. The molecule has 0 bridgehead atoms. The molecule has 0 atom stereocenters. The molecule has 0 unspecified atom stereocenters. The van der Waals surface area contributed by atoms with E-state index in [1.807, 2.05) is 18.2 Å². The Morgan fingerprint density at radius 1 is 1.10 bits per heavy atom. The third-order valence-corrected chi connectivity index (χ3v) is 5.22. The van der Waals surface area contributed by atoms with Gasteiger partial charge in [0, 0.05) is 5.33 Å². The van der Waals surface area contributed by atoms with Crippen molar-refractivity contribution in [3.05, 3.63) is 70.6 Å². The quantitative estimate of drug-likeness (QED) is 0.612. The van der Waals surface area contributed by atoms with E-state index in [0.717, 1.165) is 5.56 Å². The van der Waals surface area contributed by atoms with Gasteiger partial charge in [0.05, 0.1) is 4.90 Å². The van der Waals surface area contributed by atoms with Crippen LogP contribution in [0, 0.1) is 11.3 Å². The van der Waals surface area contributed by atoms with Crippen molar-refractivity contribution >= 4 is 31.8 Å². The zero-order chi connectivity index (χ0) is 15.3. The van der Waals surface area contributed by atoms with Gasteiger partial charge in [-0.25, -0.2) is 8.42 Å². The van der Waals surface area contributed by atoms with E-state index in [0.29, 0.717) is 10.9 Å². The van der Waals surface area contributed by atoms with E-state index in [1.165, 1.54) is 18.2 Å². The normalized spacial score (nSPS) is 11.9. The predicted octanol–water partition coefficient (Wildman–Crippen LogP) is 3.92. The zero-order valence-corrected chi connectivity index (χ0v) is 13.4. The van der Waals surface area contributed by atoms with Gasteiger partial charge in [-0.3, -0.25) is 0 Å².